The van der Waals surface area contributed by atoms with Crippen molar-refractivity contribution in [2.45, 2.75) is 25.4 Å². The molecule has 3 heterocycles. The second-order valence-corrected chi connectivity index (χ2v) is 6.34. The van der Waals surface area contributed by atoms with Crippen molar-refractivity contribution >= 4 is 11.6 Å². The van der Waals surface area contributed by atoms with Crippen molar-refractivity contribution in [2.24, 2.45) is 0 Å². The lowest BCUT2D eigenvalue weighted by Gasteiger charge is -2.50. The van der Waals surface area contributed by atoms with E-state index in [0.29, 0.717) is 12.1 Å². The van der Waals surface area contributed by atoms with Crippen LogP contribution < -0.4 is 5.32 Å². The van der Waals surface area contributed by atoms with E-state index in [1.165, 1.54) is 38.3 Å². The summed E-state index contributed by atoms with van der Waals surface area (Å²) < 4.78 is 0. The lowest BCUT2D eigenvalue weighted by atomic mass is 9.94. The maximum atomic E-state index is 6.12. The van der Waals surface area contributed by atoms with Gasteiger partial charge in [0, 0.05) is 49.8 Å². The third-order valence-corrected chi connectivity index (χ3v) is 4.83. The summed E-state index contributed by atoms with van der Waals surface area (Å²) in [5.41, 5.74) is 1.33. The topological polar surface area (TPSA) is 18.5 Å². The Labute approximate surface area is 126 Å². The Bertz CT molecular complexity index is 443. The van der Waals surface area contributed by atoms with Gasteiger partial charge in [-0.15, -0.1) is 0 Å². The van der Waals surface area contributed by atoms with Crippen LogP contribution in [-0.2, 0) is 6.42 Å². The van der Waals surface area contributed by atoms with E-state index in [1.807, 2.05) is 6.07 Å². The maximum absolute atomic E-state index is 6.12. The number of piperazine rings is 3. The summed E-state index contributed by atoms with van der Waals surface area (Å²) in [5, 5.41) is 4.53. The fraction of sp³-hybridized carbons (Fsp3) is 0.625. The first-order valence-corrected chi connectivity index (χ1v) is 8.08. The van der Waals surface area contributed by atoms with Gasteiger partial charge in [0.25, 0.3) is 0 Å². The predicted octanol–water partition coefficient (Wildman–Crippen LogP) is 1.86. The van der Waals surface area contributed by atoms with Crippen molar-refractivity contribution in [1.82, 2.24) is 15.1 Å². The van der Waals surface area contributed by atoms with Gasteiger partial charge in [-0.05, 0) is 30.7 Å². The van der Waals surface area contributed by atoms with Crippen LogP contribution in [-0.4, -0.2) is 61.2 Å². The number of hydrogen-bond donors (Lipinski definition) is 1. The van der Waals surface area contributed by atoms with E-state index in [-0.39, 0.29) is 0 Å². The molecule has 0 aromatic heterocycles. The van der Waals surface area contributed by atoms with Crippen molar-refractivity contribution in [2.75, 3.05) is 39.3 Å². The monoisotopic (exact) mass is 293 g/mol. The van der Waals surface area contributed by atoms with Crippen LogP contribution in [0, 0.1) is 0 Å². The lowest BCUT2D eigenvalue weighted by molar-refractivity contribution is -0.00288. The standard InChI is InChI=1S/C16H24ClN3/c1-2-18-15(11-13-4-3-5-14(17)10-13)16-12-19-6-8-20(16)9-7-19/h3-5,10,15-16,18H,2,6-9,11-12H2,1H3. The summed E-state index contributed by atoms with van der Waals surface area (Å²) >= 11 is 6.12. The Kier molecular flexibility index (Phi) is 4.61. The molecule has 3 aliphatic rings. The van der Waals surface area contributed by atoms with Gasteiger partial charge < -0.3 is 5.32 Å². The number of fused-ring (bicyclic) bond motifs is 3. The van der Waals surface area contributed by atoms with E-state index in [0.717, 1.165) is 18.0 Å². The molecule has 0 aliphatic carbocycles. The van der Waals surface area contributed by atoms with E-state index in [9.17, 15) is 0 Å². The zero-order valence-corrected chi connectivity index (χ0v) is 12.9. The number of halogens is 1. The Balaban J connectivity index is 1.72. The van der Waals surface area contributed by atoms with Gasteiger partial charge >= 0.3 is 0 Å². The highest BCUT2D eigenvalue weighted by Crippen LogP contribution is 2.21. The van der Waals surface area contributed by atoms with Gasteiger partial charge in [-0.3, -0.25) is 9.80 Å². The predicted molar refractivity (Wildman–Crippen MR) is 84.4 cm³/mol. The zero-order chi connectivity index (χ0) is 13.9. The van der Waals surface area contributed by atoms with Crippen molar-refractivity contribution in [3.63, 3.8) is 0 Å². The van der Waals surface area contributed by atoms with Crippen LogP contribution in [0.2, 0.25) is 5.02 Å². The molecule has 1 N–H and O–H groups in total. The molecular weight excluding hydrogens is 270 g/mol. The molecule has 3 fully saturated rings. The van der Waals surface area contributed by atoms with Gasteiger partial charge in [0.05, 0.1) is 0 Å². The summed E-state index contributed by atoms with van der Waals surface area (Å²) in [6, 6.07) is 9.44. The molecule has 2 unspecified atom stereocenters. The fourth-order valence-corrected chi connectivity index (χ4v) is 3.78. The third-order valence-electron chi connectivity index (χ3n) is 4.60. The average molecular weight is 294 g/mol. The molecule has 0 saturated carbocycles. The van der Waals surface area contributed by atoms with Crippen molar-refractivity contribution in [3.8, 4) is 0 Å². The minimum Gasteiger partial charge on any atom is -0.312 e. The molecule has 2 bridgehead atoms. The molecule has 1 aromatic carbocycles. The summed E-state index contributed by atoms with van der Waals surface area (Å²) in [5.74, 6) is 0. The largest absolute Gasteiger partial charge is 0.312 e. The first-order valence-electron chi connectivity index (χ1n) is 7.70. The first-order chi connectivity index (χ1) is 9.76. The minimum absolute atomic E-state index is 0.515. The van der Waals surface area contributed by atoms with Gasteiger partial charge in [-0.1, -0.05) is 30.7 Å². The molecule has 4 rings (SSSR count). The Hall–Kier alpha value is -0.610. The van der Waals surface area contributed by atoms with Gasteiger partial charge in [0.15, 0.2) is 0 Å². The molecule has 110 valence electrons. The summed E-state index contributed by atoms with van der Waals surface area (Å²) in [7, 11) is 0. The maximum Gasteiger partial charge on any atom is 0.0408 e. The molecule has 3 aliphatic heterocycles. The molecule has 2 atom stereocenters. The van der Waals surface area contributed by atoms with Gasteiger partial charge in [-0.25, -0.2) is 0 Å². The average Bonchev–Trinajstić information content (AvgIpc) is 2.48. The Morgan fingerprint density at radius 3 is 2.70 bits per heavy atom. The quantitative estimate of drug-likeness (QED) is 0.894. The molecule has 1 aromatic rings. The summed E-state index contributed by atoms with van der Waals surface area (Å²) in [6.07, 6.45) is 1.06. The zero-order valence-electron chi connectivity index (χ0n) is 12.2. The fourth-order valence-electron chi connectivity index (χ4n) is 3.56. The van der Waals surface area contributed by atoms with Crippen LogP contribution in [0.3, 0.4) is 0 Å². The first kappa shape index (κ1) is 14.3. The lowest BCUT2D eigenvalue weighted by Crippen LogP contribution is -2.66. The highest BCUT2D eigenvalue weighted by atomic mass is 35.5. The number of rotatable bonds is 5. The number of nitrogens with zero attached hydrogens (tertiary/aromatic N) is 2. The van der Waals surface area contributed by atoms with E-state index in [2.05, 4.69) is 40.2 Å². The second kappa shape index (κ2) is 6.44. The van der Waals surface area contributed by atoms with Crippen molar-refractivity contribution < 1.29 is 0 Å². The van der Waals surface area contributed by atoms with Crippen molar-refractivity contribution in [1.29, 1.82) is 0 Å². The third kappa shape index (κ3) is 3.17. The molecule has 0 amide bonds. The van der Waals surface area contributed by atoms with Crippen LogP contribution in [0.5, 0.6) is 0 Å². The minimum atomic E-state index is 0.515. The van der Waals surface area contributed by atoms with Crippen molar-refractivity contribution in [3.05, 3.63) is 34.9 Å². The molecule has 0 radical (unpaired) electrons. The van der Waals surface area contributed by atoms with Gasteiger partial charge in [0.1, 0.15) is 0 Å². The molecule has 20 heavy (non-hydrogen) atoms. The highest BCUT2D eigenvalue weighted by molar-refractivity contribution is 6.30. The molecular formula is C16H24ClN3. The van der Waals surface area contributed by atoms with Crippen LogP contribution in [0.15, 0.2) is 24.3 Å². The van der Waals surface area contributed by atoms with E-state index in [4.69, 9.17) is 11.6 Å². The van der Waals surface area contributed by atoms with Gasteiger partial charge in [-0.2, -0.15) is 0 Å². The normalized spacial score (nSPS) is 30.4. The SMILES string of the molecule is CCNC(Cc1cccc(Cl)c1)C1CN2CCN1CC2. The van der Waals surface area contributed by atoms with E-state index in [1.54, 1.807) is 0 Å². The van der Waals surface area contributed by atoms with E-state index < -0.39 is 0 Å². The smallest absolute Gasteiger partial charge is 0.0408 e. The van der Waals surface area contributed by atoms with Gasteiger partial charge in [0.2, 0.25) is 0 Å². The van der Waals surface area contributed by atoms with Crippen LogP contribution in [0.4, 0.5) is 0 Å². The Morgan fingerprint density at radius 1 is 1.30 bits per heavy atom. The molecule has 3 saturated heterocycles. The molecule has 3 nitrogen and oxygen atoms in total. The molecule has 4 heteroatoms. The van der Waals surface area contributed by atoms with Crippen LogP contribution in [0.25, 0.3) is 0 Å². The number of benzene rings is 1. The molecule has 0 spiro atoms. The van der Waals surface area contributed by atoms with Crippen LogP contribution in [0.1, 0.15) is 12.5 Å². The number of hydrogen-bond acceptors (Lipinski definition) is 3. The van der Waals surface area contributed by atoms with Crippen LogP contribution >= 0.6 is 11.6 Å². The summed E-state index contributed by atoms with van der Waals surface area (Å²) in [6.45, 7) is 9.36. The number of nitrogens with one attached hydrogen (secondary N) is 1. The Morgan fingerprint density at radius 2 is 2.10 bits per heavy atom. The highest BCUT2D eigenvalue weighted by Gasteiger charge is 2.36. The summed E-state index contributed by atoms with van der Waals surface area (Å²) in [4.78, 5) is 5.27. The van der Waals surface area contributed by atoms with E-state index >= 15 is 0 Å². The second-order valence-electron chi connectivity index (χ2n) is 5.90. The number of likely N-dealkylation sites (N-methyl/N-ethyl adjacent to an activating group) is 1.